The number of hydrogen-bond donors (Lipinski definition) is 0. The number of rotatable bonds is 5. The molecule has 17 heavy (non-hydrogen) atoms. The summed E-state index contributed by atoms with van der Waals surface area (Å²) in [7, 11) is 0. The number of alkyl halides is 1. The van der Waals surface area contributed by atoms with E-state index in [0.29, 0.717) is 24.8 Å². The zero-order valence-corrected chi connectivity index (χ0v) is 10.3. The molecule has 2 rings (SSSR count). The second-order valence-electron chi connectivity index (χ2n) is 3.64. The van der Waals surface area contributed by atoms with Crippen molar-refractivity contribution in [1.82, 2.24) is 10.2 Å². The Hall–Kier alpha value is -1.55. The number of aryl methyl sites for hydroxylation is 1. The Labute approximate surface area is 105 Å². The summed E-state index contributed by atoms with van der Waals surface area (Å²) in [5.41, 5.74) is 1.17. The minimum absolute atomic E-state index is 0.242. The molecule has 1 heterocycles. The SMILES string of the molecule is Cc1cccc(OCCc2nnc(CCl)o2)c1. The van der Waals surface area contributed by atoms with E-state index in [9.17, 15) is 0 Å². The molecule has 1 aromatic heterocycles. The standard InChI is InChI=1S/C12H13ClN2O2/c1-9-3-2-4-10(7-9)16-6-5-11-14-15-12(8-13)17-11/h2-4,7H,5-6,8H2,1H3. The molecule has 0 radical (unpaired) electrons. The van der Waals surface area contributed by atoms with Gasteiger partial charge in [-0.05, 0) is 24.6 Å². The highest BCUT2D eigenvalue weighted by atomic mass is 35.5. The Morgan fingerprint density at radius 1 is 1.29 bits per heavy atom. The first kappa shape index (κ1) is 11.9. The van der Waals surface area contributed by atoms with Crippen LogP contribution in [0.2, 0.25) is 0 Å². The van der Waals surface area contributed by atoms with Gasteiger partial charge in [0, 0.05) is 0 Å². The monoisotopic (exact) mass is 252 g/mol. The van der Waals surface area contributed by atoms with Gasteiger partial charge in [0.25, 0.3) is 0 Å². The molecule has 0 aliphatic heterocycles. The summed E-state index contributed by atoms with van der Waals surface area (Å²) >= 11 is 5.56. The maximum atomic E-state index is 5.57. The summed E-state index contributed by atoms with van der Waals surface area (Å²) in [6.45, 7) is 2.53. The highest BCUT2D eigenvalue weighted by molar-refractivity contribution is 6.16. The lowest BCUT2D eigenvalue weighted by Gasteiger charge is -2.04. The summed E-state index contributed by atoms with van der Waals surface area (Å²) in [6.07, 6.45) is 0.581. The van der Waals surface area contributed by atoms with E-state index in [1.807, 2.05) is 31.2 Å². The first-order valence-corrected chi connectivity index (χ1v) is 5.88. The van der Waals surface area contributed by atoms with E-state index in [0.717, 1.165) is 5.75 Å². The average molecular weight is 253 g/mol. The minimum Gasteiger partial charge on any atom is -0.493 e. The van der Waals surface area contributed by atoms with Crippen molar-refractivity contribution in [2.45, 2.75) is 19.2 Å². The first-order valence-electron chi connectivity index (χ1n) is 5.34. The Morgan fingerprint density at radius 3 is 2.82 bits per heavy atom. The molecule has 5 heteroatoms. The van der Waals surface area contributed by atoms with Gasteiger partial charge in [-0.1, -0.05) is 12.1 Å². The van der Waals surface area contributed by atoms with Gasteiger partial charge in [-0.3, -0.25) is 0 Å². The second-order valence-corrected chi connectivity index (χ2v) is 3.91. The van der Waals surface area contributed by atoms with Gasteiger partial charge in [0.1, 0.15) is 11.6 Å². The van der Waals surface area contributed by atoms with Gasteiger partial charge in [0.05, 0.1) is 13.0 Å². The van der Waals surface area contributed by atoms with E-state index >= 15 is 0 Å². The molecule has 2 aromatic rings. The molecule has 0 atom stereocenters. The summed E-state index contributed by atoms with van der Waals surface area (Å²) in [4.78, 5) is 0. The Balaban J connectivity index is 1.83. The third-order valence-corrected chi connectivity index (χ3v) is 2.43. The maximum Gasteiger partial charge on any atom is 0.231 e. The van der Waals surface area contributed by atoms with Crippen molar-refractivity contribution < 1.29 is 9.15 Å². The highest BCUT2D eigenvalue weighted by Gasteiger charge is 2.04. The van der Waals surface area contributed by atoms with E-state index < -0.39 is 0 Å². The van der Waals surface area contributed by atoms with Crippen LogP contribution in [-0.2, 0) is 12.3 Å². The van der Waals surface area contributed by atoms with E-state index in [4.69, 9.17) is 20.8 Å². The number of halogens is 1. The first-order chi connectivity index (χ1) is 8.28. The quantitative estimate of drug-likeness (QED) is 0.768. The zero-order valence-electron chi connectivity index (χ0n) is 9.52. The minimum atomic E-state index is 0.242. The molecule has 0 unspecified atom stereocenters. The van der Waals surface area contributed by atoms with Crippen LogP contribution in [0.25, 0.3) is 0 Å². The number of hydrogen-bond acceptors (Lipinski definition) is 4. The molecular weight excluding hydrogens is 240 g/mol. The maximum absolute atomic E-state index is 5.57. The Kier molecular flexibility index (Phi) is 3.98. The largest absolute Gasteiger partial charge is 0.493 e. The van der Waals surface area contributed by atoms with Crippen LogP contribution in [0.4, 0.5) is 0 Å². The van der Waals surface area contributed by atoms with Gasteiger partial charge < -0.3 is 9.15 Å². The van der Waals surface area contributed by atoms with Crippen LogP contribution < -0.4 is 4.74 Å². The summed E-state index contributed by atoms with van der Waals surface area (Å²) < 4.78 is 10.8. The molecule has 4 nitrogen and oxygen atoms in total. The van der Waals surface area contributed by atoms with Crippen LogP contribution in [0, 0.1) is 6.92 Å². The van der Waals surface area contributed by atoms with Crippen molar-refractivity contribution in [2.24, 2.45) is 0 Å². The molecule has 0 saturated heterocycles. The molecule has 90 valence electrons. The van der Waals surface area contributed by atoms with E-state index in [1.54, 1.807) is 0 Å². The lowest BCUT2D eigenvalue weighted by atomic mass is 10.2. The van der Waals surface area contributed by atoms with Crippen molar-refractivity contribution in [1.29, 1.82) is 0 Å². The third-order valence-electron chi connectivity index (χ3n) is 2.20. The number of ether oxygens (including phenoxy) is 1. The van der Waals surface area contributed by atoms with E-state index in [1.165, 1.54) is 5.56 Å². The van der Waals surface area contributed by atoms with Gasteiger partial charge in [-0.2, -0.15) is 0 Å². The van der Waals surface area contributed by atoms with Crippen molar-refractivity contribution >= 4 is 11.6 Å². The fourth-order valence-corrected chi connectivity index (χ4v) is 1.51. The third kappa shape index (κ3) is 3.46. The van der Waals surface area contributed by atoms with E-state index in [2.05, 4.69) is 10.2 Å². The fourth-order valence-electron chi connectivity index (χ4n) is 1.40. The molecule has 0 aliphatic carbocycles. The Morgan fingerprint density at radius 2 is 2.12 bits per heavy atom. The van der Waals surface area contributed by atoms with Gasteiger partial charge >= 0.3 is 0 Å². The molecule has 0 aliphatic rings. The fraction of sp³-hybridized carbons (Fsp3) is 0.333. The summed E-state index contributed by atoms with van der Waals surface area (Å²) in [6, 6.07) is 7.89. The van der Waals surface area contributed by atoms with Gasteiger partial charge in [-0.25, -0.2) is 0 Å². The van der Waals surface area contributed by atoms with Crippen LogP contribution in [0.3, 0.4) is 0 Å². The van der Waals surface area contributed by atoms with Crippen molar-refractivity contribution in [3.63, 3.8) is 0 Å². The zero-order chi connectivity index (χ0) is 12.1. The second kappa shape index (κ2) is 5.68. The normalized spacial score (nSPS) is 10.5. The van der Waals surface area contributed by atoms with Crippen molar-refractivity contribution in [2.75, 3.05) is 6.61 Å². The molecule has 0 saturated carbocycles. The van der Waals surface area contributed by atoms with Crippen LogP contribution in [0.15, 0.2) is 28.7 Å². The van der Waals surface area contributed by atoms with Crippen LogP contribution >= 0.6 is 11.6 Å². The molecule has 0 N–H and O–H groups in total. The molecular formula is C12H13ClN2O2. The van der Waals surface area contributed by atoms with Gasteiger partial charge in [-0.15, -0.1) is 21.8 Å². The number of nitrogens with zero attached hydrogens (tertiary/aromatic N) is 2. The van der Waals surface area contributed by atoms with Crippen molar-refractivity contribution in [3.8, 4) is 5.75 Å². The van der Waals surface area contributed by atoms with Crippen molar-refractivity contribution in [3.05, 3.63) is 41.6 Å². The number of benzene rings is 1. The van der Waals surface area contributed by atoms with Gasteiger partial charge in [0.15, 0.2) is 0 Å². The topological polar surface area (TPSA) is 48.2 Å². The predicted molar refractivity (Wildman–Crippen MR) is 64.2 cm³/mol. The lowest BCUT2D eigenvalue weighted by molar-refractivity contribution is 0.304. The number of aromatic nitrogens is 2. The van der Waals surface area contributed by atoms with Crippen LogP contribution in [-0.4, -0.2) is 16.8 Å². The molecule has 0 fully saturated rings. The van der Waals surface area contributed by atoms with Gasteiger partial charge in [0.2, 0.25) is 11.8 Å². The van der Waals surface area contributed by atoms with Crippen LogP contribution in [0.5, 0.6) is 5.75 Å². The molecule has 0 amide bonds. The lowest BCUT2D eigenvalue weighted by Crippen LogP contribution is -2.01. The molecule has 1 aromatic carbocycles. The molecule has 0 bridgehead atoms. The van der Waals surface area contributed by atoms with Crippen LogP contribution in [0.1, 0.15) is 17.3 Å². The highest BCUT2D eigenvalue weighted by Crippen LogP contribution is 2.12. The smallest absolute Gasteiger partial charge is 0.231 e. The predicted octanol–water partition coefficient (Wildman–Crippen LogP) is 2.74. The average Bonchev–Trinajstić information content (AvgIpc) is 2.77. The summed E-state index contributed by atoms with van der Waals surface area (Å²) in [5.74, 6) is 2.08. The summed E-state index contributed by atoms with van der Waals surface area (Å²) in [5, 5.41) is 7.62. The Bertz CT molecular complexity index is 485. The molecule has 0 spiro atoms. The van der Waals surface area contributed by atoms with E-state index in [-0.39, 0.29) is 5.88 Å².